The molecule has 0 radical (unpaired) electrons. The summed E-state index contributed by atoms with van der Waals surface area (Å²) < 4.78 is 18.2. The van der Waals surface area contributed by atoms with Gasteiger partial charge in [0.2, 0.25) is 0 Å². The van der Waals surface area contributed by atoms with Gasteiger partial charge in [-0.05, 0) is 51.5 Å². The number of thioether (sulfide) groups is 1. The number of aromatic nitrogens is 3. The largest absolute Gasteiger partial charge is 0.497 e. The Morgan fingerprint density at radius 3 is 2.26 bits per heavy atom. The van der Waals surface area contributed by atoms with Crippen molar-refractivity contribution in [2.24, 2.45) is 0 Å². The van der Waals surface area contributed by atoms with Crippen molar-refractivity contribution in [2.45, 2.75) is 38.5 Å². The summed E-state index contributed by atoms with van der Waals surface area (Å²) in [5.74, 6) is 1.75. The van der Waals surface area contributed by atoms with E-state index >= 15 is 0 Å². The second-order valence-corrected chi connectivity index (χ2v) is 8.85. The van der Waals surface area contributed by atoms with Gasteiger partial charge in [-0.25, -0.2) is 0 Å². The Morgan fingerprint density at radius 2 is 1.68 bits per heavy atom. The van der Waals surface area contributed by atoms with Gasteiger partial charge in [0.05, 0.1) is 25.7 Å². The lowest BCUT2D eigenvalue weighted by Gasteiger charge is -2.19. The smallest absolute Gasteiger partial charge is 0.316 e. The van der Waals surface area contributed by atoms with Crippen molar-refractivity contribution in [3.05, 3.63) is 48.0 Å². The van der Waals surface area contributed by atoms with Gasteiger partial charge in [-0.1, -0.05) is 30.0 Å². The van der Waals surface area contributed by atoms with E-state index in [1.54, 1.807) is 20.3 Å². The minimum atomic E-state index is -0.538. The van der Waals surface area contributed by atoms with E-state index in [-0.39, 0.29) is 11.7 Å². The van der Waals surface area contributed by atoms with Gasteiger partial charge in [-0.3, -0.25) is 9.36 Å². The molecule has 0 unspecified atom stereocenters. The molecule has 0 aliphatic carbocycles. The third-order valence-corrected chi connectivity index (χ3v) is 5.24. The summed E-state index contributed by atoms with van der Waals surface area (Å²) in [6, 6.07) is 13.5. The molecule has 3 rings (SSSR count). The summed E-state index contributed by atoms with van der Waals surface area (Å²) in [5.41, 5.74) is 2.23. The average molecular weight is 442 g/mol. The predicted octanol–water partition coefficient (Wildman–Crippen LogP) is 4.69. The molecular weight excluding hydrogens is 414 g/mol. The number of para-hydroxylation sites is 1. The van der Waals surface area contributed by atoms with Gasteiger partial charge in [0.1, 0.15) is 17.1 Å². The molecule has 164 valence electrons. The van der Waals surface area contributed by atoms with Crippen LogP contribution >= 0.6 is 11.8 Å². The first-order valence-corrected chi connectivity index (χ1v) is 10.8. The number of hydrogen-bond donors (Lipinski definition) is 0. The van der Waals surface area contributed by atoms with E-state index in [0.717, 1.165) is 16.8 Å². The molecule has 7 nitrogen and oxygen atoms in total. The number of carbonyl (C=O) groups excluding carboxylic acids is 1. The first-order valence-electron chi connectivity index (χ1n) is 9.81. The monoisotopic (exact) mass is 441 g/mol. The third-order valence-electron chi connectivity index (χ3n) is 4.34. The van der Waals surface area contributed by atoms with Crippen LogP contribution in [0.4, 0.5) is 0 Å². The number of nitrogens with zero attached hydrogens (tertiary/aromatic N) is 3. The Hall–Kier alpha value is -3.00. The SMILES string of the molecule is COc1cc(OC)cc(-c2nnc(SCC(=O)OC(C)(C)C)n2-c2ccccc2C)c1. The highest BCUT2D eigenvalue weighted by atomic mass is 32.2. The summed E-state index contributed by atoms with van der Waals surface area (Å²) in [6.45, 7) is 7.56. The van der Waals surface area contributed by atoms with Gasteiger partial charge in [-0.15, -0.1) is 10.2 Å². The molecule has 0 fully saturated rings. The summed E-state index contributed by atoms with van der Waals surface area (Å²) in [5, 5.41) is 9.41. The Kier molecular flexibility index (Phi) is 6.90. The summed E-state index contributed by atoms with van der Waals surface area (Å²) in [4.78, 5) is 12.3. The van der Waals surface area contributed by atoms with Crippen molar-refractivity contribution in [1.82, 2.24) is 14.8 Å². The van der Waals surface area contributed by atoms with Gasteiger partial charge in [0.25, 0.3) is 0 Å². The fraction of sp³-hybridized carbons (Fsp3) is 0.348. The number of ether oxygens (including phenoxy) is 3. The van der Waals surface area contributed by atoms with Crippen LogP contribution in [0.15, 0.2) is 47.6 Å². The van der Waals surface area contributed by atoms with Crippen molar-refractivity contribution in [1.29, 1.82) is 0 Å². The van der Waals surface area contributed by atoms with Crippen molar-refractivity contribution < 1.29 is 19.0 Å². The highest BCUT2D eigenvalue weighted by Crippen LogP contribution is 2.33. The maximum Gasteiger partial charge on any atom is 0.316 e. The molecule has 0 atom stereocenters. The Labute approximate surface area is 186 Å². The molecule has 0 spiro atoms. The maximum atomic E-state index is 12.3. The maximum absolute atomic E-state index is 12.3. The number of methoxy groups -OCH3 is 2. The van der Waals surface area contributed by atoms with Crippen LogP contribution in [0, 0.1) is 6.92 Å². The van der Waals surface area contributed by atoms with E-state index in [0.29, 0.717) is 22.5 Å². The molecular formula is C23H27N3O4S. The summed E-state index contributed by atoms with van der Waals surface area (Å²) in [7, 11) is 3.21. The Morgan fingerprint density at radius 1 is 1.03 bits per heavy atom. The molecule has 3 aromatic rings. The van der Waals surface area contributed by atoms with Crippen molar-refractivity contribution in [2.75, 3.05) is 20.0 Å². The molecule has 0 aliphatic heterocycles. The lowest BCUT2D eigenvalue weighted by Crippen LogP contribution is -2.25. The molecule has 0 bridgehead atoms. The van der Waals surface area contributed by atoms with Crippen LogP contribution in [0.1, 0.15) is 26.3 Å². The van der Waals surface area contributed by atoms with Crippen LogP contribution < -0.4 is 9.47 Å². The highest BCUT2D eigenvalue weighted by molar-refractivity contribution is 7.99. The fourth-order valence-electron chi connectivity index (χ4n) is 3.01. The number of hydrogen-bond acceptors (Lipinski definition) is 7. The second-order valence-electron chi connectivity index (χ2n) is 7.90. The fourth-order valence-corrected chi connectivity index (χ4v) is 3.73. The average Bonchev–Trinajstić information content (AvgIpc) is 3.14. The van der Waals surface area contributed by atoms with Crippen LogP contribution in [0.3, 0.4) is 0 Å². The highest BCUT2D eigenvalue weighted by Gasteiger charge is 2.21. The lowest BCUT2D eigenvalue weighted by molar-refractivity contribution is -0.151. The van der Waals surface area contributed by atoms with Crippen molar-refractivity contribution in [3.8, 4) is 28.6 Å². The van der Waals surface area contributed by atoms with Crippen molar-refractivity contribution in [3.63, 3.8) is 0 Å². The van der Waals surface area contributed by atoms with Crippen LogP contribution in [0.2, 0.25) is 0 Å². The Balaban J connectivity index is 2.05. The van der Waals surface area contributed by atoms with E-state index in [1.807, 2.05) is 68.7 Å². The second kappa shape index (κ2) is 9.43. The van der Waals surface area contributed by atoms with Gasteiger partial charge in [0, 0.05) is 11.6 Å². The minimum absolute atomic E-state index is 0.128. The van der Waals surface area contributed by atoms with Crippen LogP contribution in [0.25, 0.3) is 17.1 Å². The number of carbonyl (C=O) groups is 1. The predicted molar refractivity (Wildman–Crippen MR) is 121 cm³/mol. The molecule has 1 aromatic heterocycles. The first kappa shape index (κ1) is 22.7. The van der Waals surface area contributed by atoms with Crippen LogP contribution in [0.5, 0.6) is 11.5 Å². The molecule has 1 heterocycles. The van der Waals surface area contributed by atoms with Crippen LogP contribution in [-0.2, 0) is 9.53 Å². The zero-order valence-corrected chi connectivity index (χ0v) is 19.4. The van der Waals surface area contributed by atoms with E-state index in [1.165, 1.54) is 11.8 Å². The molecule has 31 heavy (non-hydrogen) atoms. The quantitative estimate of drug-likeness (QED) is 0.389. The third kappa shape index (κ3) is 5.58. The molecule has 0 saturated heterocycles. The van der Waals surface area contributed by atoms with Crippen LogP contribution in [-0.4, -0.2) is 46.3 Å². The van der Waals surface area contributed by atoms with Gasteiger partial charge < -0.3 is 14.2 Å². The van der Waals surface area contributed by atoms with E-state index in [4.69, 9.17) is 14.2 Å². The molecule has 0 N–H and O–H groups in total. The minimum Gasteiger partial charge on any atom is -0.497 e. The Bertz CT molecular complexity index is 1050. The standard InChI is InChI=1S/C23H27N3O4S/c1-15-9-7-8-10-19(15)26-21(16-11-17(28-5)13-18(12-16)29-6)24-25-22(26)31-14-20(27)30-23(2,3)4/h7-13H,14H2,1-6H3. The molecule has 0 aliphatic rings. The topological polar surface area (TPSA) is 75.5 Å². The molecule has 0 saturated carbocycles. The van der Waals surface area contributed by atoms with Crippen molar-refractivity contribution >= 4 is 17.7 Å². The summed E-state index contributed by atoms with van der Waals surface area (Å²) in [6.07, 6.45) is 0. The molecule has 0 amide bonds. The molecule has 2 aromatic carbocycles. The molecule has 8 heteroatoms. The van der Waals surface area contributed by atoms with E-state index in [9.17, 15) is 4.79 Å². The normalized spacial score (nSPS) is 11.3. The van der Waals surface area contributed by atoms with E-state index in [2.05, 4.69) is 10.2 Å². The van der Waals surface area contributed by atoms with Gasteiger partial charge in [0.15, 0.2) is 11.0 Å². The first-order chi connectivity index (χ1) is 14.7. The lowest BCUT2D eigenvalue weighted by atomic mass is 10.1. The van der Waals surface area contributed by atoms with Gasteiger partial charge >= 0.3 is 5.97 Å². The number of rotatable bonds is 7. The number of aryl methyl sites for hydroxylation is 1. The van der Waals surface area contributed by atoms with E-state index < -0.39 is 5.60 Å². The number of esters is 1. The van der Waals surface area contributed by atoms with Gasteiger partial charge in [-0.2, -0.15) is 0 Å². The number of benzene rings is 2. The summed E-state index contributed by atoms with van der Waals surface area (Å²) >= 11 is 1.29. The zero-order valence-electron chi connectivity index (χ0n) is 18.6. The zero-order chi connectivity index (χ0) is 22.6.